The fourth-order valence-electron chi connectivity index (χ4n) is 7.60. The first kappa shape index (κ1) is 28.9. The quantitative estimate of drug-likeness (QED) is 0.417. The van der Waals surface area contributed by atoms with Crippen molar-refractivity contribution in [2.24, 2.45) is 11.8 Å². The van der Waals surface area contributed by atoms with Crippen molar-refractivity contribution >= 4 is 23.0 Å². The van der Waals surface area contributed by atoms with Crippen LogP contribution in [0.2, 0.25) is 0 Å². The SMILES string of the molecule is COC(=O)C1CC2CN1CC(C1Cc3ccccc3C1)NC(=O)OC1CC1CCCCCc1c([nH]c3ccccc3c1=O)O2. The Morgan fingerprint density at radius 2 is 1.68 bits per heavy atom. The number of amides is 1. The number of hydrogen-bond donors (Lipinski definition) is 2. The van der Waals surface area contributed by atoms with E-state index in [1.165, 1.54) is 18.2 Å². The molecule has 2 aromatic carbocycles. The smallest absolute Gasteiger partial charge is 0.407 e. The summed E-state index contributed by atoms with van der Waals surface area (Å²) in [5.41, 5.74) is 4.01. The lowest BCUT2D eigenvalue weighted by molar-refractivity contribution is -0.146. The van der Waals surface area contributed by atoms with Crippen LogP contribution in [0.3, 0.4) is 0 Å². The standard InChI is InChI=1S/C35H41N3O6/c1-42-34(40)30-18-25-19-38(30)20-29(24-15-21-9-5-6-10-22(21)16-24)37-35(41)44-31-17-23(31)11-3-2-4-13-27-32(39)26-12-7-8-14-28(26)36-33(27)43-25/h5-10,12,14,23-25,29-31H,2-4,11,13,15-20H2,1H3,(H,36,39)(H,37,41). The van der Waals surface area contributed by atoms with Crippen LogP contribution in [0.1, 0.15) is 55.2 Å². The highest BCUT2D eigenvalue weighted by Gasteiger charge is 2.44. The lowest BCUT2D eigenvalue weighted by Gasteiger charge is -2.31. The normalized spacial score (nSPS) is 29.2. The summed E-state index contributed by atoms with van der Waals surface area (Å²) in [4.78, 5) is 45.4. The van der Waals surface area contributed by atoms with Crippen LogP contribution in [0.4, 0.5) is 4.79 Å². The monoisotopic (exact) mass is 599 g/mol. The third-order valence-corrected chi connectivity index (χ3v) is 10.1. The number of carbonyl (C=O) groups excluding carboxylic acids is 2. The number of ether oxygens (including phenoxy) is 3. The molecule has 4 aliphatic rings. The second-order valence-corrected chi connectivity index (χ2v) is 13.0. The first-order valence-corrected chi connectivity index (χ1v) is 16.1. The Hall–Kier alpha value is -3.85. The number of hydrogen-bond acceptors (Lipinski definition) is 7. The molecule has 1 saturated carbocycles. The molecular formula is C35H41N3O6. The van der Waals surface area contributed by atoms with E-state index in [0.29, 0.717) is 48.7 Å². The molecule has 9 heteroatoms. The van der Waals surface area contributed by atoms with Crippen LogP contribution in [-0.4, -0.2) is 66.4 Å². The Balaban J connectivity index is 1.20. The van der Waals surface area contributed by atoms with Gasteiger partial charge in [0.15, 0.2) is 11.3 Å². The predicted molar refractivity (Wildman–Crippen MR) is 166 cm³/mol. The average Bonchev–Trinajstić information content (AvgIpc) is 3.41. The van der Waals surface area contributed by atoms with Crippen LogP contribution >= 0.6 is 0 Å². The number of benzene rings is 2. The third-order valence-electron chi connectivity index (χ3n) is 10.1. The molecule has 1 amide bonds. The Morgan fingerprint density at radius 1 is 0.909 bits per heavy atom. The summed E-state index contributed by atoms with van der Waals surface area (Å²) in [5.74, 6) is 0.727. The summed E-state index contributed by atoms with van der Waals surface area (Å²) >= 11 is 0. The van der Waals surface area contributed by atoms with Gasteiger partial charge >= 0.3 is 12.1 Å². The minimum atomic E-state index is -0.528. The molecule has 6 atom stereocenters. The van der Waals surface area contributed by atoms with E-state index in [2.05, 4.69) is 39.5 Å². The molecular weight excluding hydrogens is 558 g/mol. The van der Waals surface area contributed by atoms with E-state index in [9.17, 15) is 14.4 Å². The van der Waals surface area contributed by atoms with Crippen molar-refractivity contribution in [2.45, 2.75) is 82.1 Å². The van der Waals surface area contributed by atoms with Crippen LogP contribution in [-0.2, 0) is 33.5 Å². The van der Waals surface area contributed by atoms with Gasteiger partial charge in [0.25, 0.3) is 0 Å². The van der Waals surface area contributed by atoms with Gasteiger partial charge in [0.2, 0.25) is 0 Å². The molecule has 1 saturated heterocycles. The lowest BCUT2D eigenvalue weighted by Crippen LogP contribution is -2.51. The zero-order chi connectivity index (χ0) is 30.2. The predicted octanol–water partition coefficient (Wildman–Crippen LogP) is 4.54. The number of esters is 1. The van der Waals surface area contributed by atoms with Crippen LogP contribution in [0.25, 0.3) is 10.9 Å². The molecule has 1 aromatic heterocycles. The highest BCUT2D eigenvalue weighted by Crippen LogP contribution is 2.39. The van der Waals surface area contributed by atoms with E-state index < -0.39 is 6.04 Å². The van der Waals surface area contributed by atoms with Crippen molar-refractivity contribution in [2.75, 3.05) is 20.2 Å². The van der Waals surface area contributed by atoms with E-state index >= 15 is 0 Å². The van der Waals surface area contributed by atoms with Gasteiger partial charge in [-0.05, 0) is 73.6 Å². The summed E-state index contributed by atoms with van der Waals surface area (Å²) in [6.07, 6.45) is 6.76. The minimum Gasteiger partial charge on any atom is -0.474 e. The molecule has 2 bridgehead atoms. The van der Waals surface area contributed by atoms with Gasteiger partial charge in [0.1, 0.15) is 18.2 Å². The topological polar surface area (TPSA) is 110 Å². The number of nitrogens with zero attached hydrogens (tertiary/aromatic N) is 1. The summed E-state index contributed by atoms with van der Waals surface area (Å²) in [6, 6.07) is 15.2. The minimum absolute atomic E-state index is 0.00218. The van der Waals surface area contributed by atoms with Gasteiger partial charge in [-0.25, -0.2) is 4.79 Å². The highest BCUT2D eigenvalue weighted by molar-refractivity contribution is 5.80. The number of aromatic nitrogens is 1. The van der Waals surface area contributed by atoms with E-state index in [4.69, 9.17) is 14.2 Å². The molecule has 44 heavy (non-hydrogen) atoms. The number of carbonyl (C=O) groups is 2. The number of rotatable bonds is 2. The van der Waals surface area contributed by atoms with E-state index in [1.54, 1.807) is 0 Å². The maximum absolute atomic E-state index is 13.7. The van der Waals surface area contributed by atoms with Crippen LogP contribution < -0.4 is 15.5 Å². The number of fused-ring (bicyclic) bond motifs is 6. The number of nitrogens with one attached hydrogen (secondary N) is 2. The first-order chi connectivity index (χ1) is 21.5. The third kappa shape index (κ3) is 5.94. The van der Waals surface area contributed by atoms with Gasteiger partial charge in [0.05, 0.1) is 18.2 Å². The Bertz CT molecular complexity index is 1580. The van der Waals surface area contributed by atoms with Crippen molar-refractivity contribution in [3.05, 3.63) is 75.4 Å². The van der Waals surface area contributed by atoms with E-state index in [1.807, 2.05) is 24.3 Å². The second-order valence-electron chi connectivity index (χ2n) is 13.0. The van der Waals surface area contributed by atoms with Gasteiger partial charge in [-0.15, -0.1) is 0 Å². The maximum atomic E-state index is 13.7. The van der Waals surface area contributed by atoms with Gasteiger partial charge in [0, 0.05) is 30.9 Å². The van der Waals surface area contributed by atoms with Gasteiger partial charge in [-0.1, -0.05) is 49.2 Å². The van der Waals surface area contributed by atoms with Gasteiger partial charge in [-0.3, -0.25) is 14.5 Å². The van der Waals surface area contributed by atoms with Gasteiger partial charge in [-0.2, -0.15) is 0 Å². The fraction of sp³-hybridized carbons (Fsp3) is 0.514. The molecule has 3 aromatic rings. The Morgan fingerprint density at radius 3 is 2.48 bits per heavy atom. The molecule has 9 nitrogen and oxygen atoms in total. The molecule has 2 N–H and O–H groups in total. The van der Waals surface area contributed by atoms with Gasteiger partial charge < -0.3 is 24.5 Å². The van der Waals surface area contributed by atoms with Crippen LogP contribution in [0.15, 0.2) is 53.3 Å². The summed E-state index contributed by atoms with van der Waals surface area (Å²) < 4.78 is 17.7. The highest BCUT2D eigenvalue weighted by atomic mass is 16.6. The van der Waals surface area contributed by atoms with E-state index in [-0.39, 0.29) is 41.7 Å². The number of H-pyrrole nitrogens is 1. The van der Waals surface area contributed by atoms with E-state index in [0.717, 1.165) is 50.5 Å². The van der Waals surface area contributed by atoms with Crippen molar-refractivity contribution in [3.8, 4) is 5.88 Å². The second kappa shape index (κ2) is 12.3. The molecule has 232 valence electrons. The number of methoxy groups -OCH3 is 1. The largest absolute Gasteiger partial charge is 0.474 e. The zero-order valence-corrected chi connectivity index (χ0v) is 25.3. The number of para-hydroxylation sites is 1. The molecule has 2 aliphatic carbocycles. The van der Waals surface area contributed by atoms with Crippen molar-refractivity contribution in [1.29, 1.82) is 0 Å². The summed E-state index contributed by atoms with van der Waals surface area (Å²) in [5, 5.41) is 3.87. The number of aromatic amines is 1. The Kier molecular flexibility index (Phi) is 8.06. The maximum Gasteiger partial charge on any atom is 0.407 e. The zero-order valence-electron chi connectivity index (χ0n) is 25.3. The number of pyridine rings is 1. The van der Waals surface area contributed by atoms with Crippen LogP contribution in [0.5, 0.6) is 5.88 Å². The molecule has 3 heterocycles. The molecule has 7 rings (SSSR count). The summed E-state index contributed by atoms with van der Waals surface area (Å²) in [7, 11) is 1.40. The van der Waals surface area contributed by atoms with Crippen molar-refractivity contribution in [1.82, 2.24) is 15.2 Å². The van der Waals surface area contributed by atoms with Crippen LogP contribution in [0, 0.1) is 11.8 Å². The summed E-state index contributed by atoms with van der Waals surface area (Å²) in [6.45, 7) is 0.925. The van der Waals surface area contributed by atoms with Crippen molar-refractivity contribution < 1.29 is 23.8 Å². The average molecular weight is 600 g/mol. The number of alkyl carbamates (subject to hydrolysis) is 1. The molecule has 2 aliphatic heterocycles. The molecule has 2 fully saturated rings. The fourth-order valence-corrected chi connectivity index (χ4v) is 7.60. The molecule has 0 radical (unpaired) electrons. The Labute approximate surface area is 257 Å². The molecule has 0 spiro atoms. The van der Waals surface area contributed by atoms with Crippen molar-refractivity contribution in [3.63, 3.8) is 0 Å². The first-order valence-electron chi connectivity index (χ1n) is 16.1. The lowest BCUT2D eigenvalue weighted by atomic mass is 9.95. The molecule has 6 unspecified atom stereocenters.